The number of fused-ring (bicyclic) bond motifs is 1. The van der Waals surface area contributed by atoms with Crippen LogP contribution < -0.4 is 9.64 Å². The first-order valence-corrected chi connectivity index (χ1v) is 12.3. The topological polar surface area (TPSA) is 68.0 Å². The first-order chi connectivity index (χ1) is 17.5. The van der Waals surface area contributed by atoms with Crippen LogP contribution in [0, 0.1) is 12.7 Å². The molecule has 36 heavy (non-hydrogen) atoms. The van der Waals surface area contributed by atoms with Crippen molar-refractivity contribution in [2.45, 2.75) is 18.8 Å². The van der Waals surface area contributed by atoms with Gasteiger partial charge < -0.3 is 18.8 Å². The van der Waals surface area contributed by atoms with Gasteiger partial charge in [-0.25, -0.2) is 9.37 Å². The van der Waals surface area contributed by atoms with E-state index < -0.39 is 5.38 Å². The number of carbonyl (C=O) groups is 1. The van der Waals surface area contributed by atoms with Crippen LogP contribution in [0.3, 0.4) is 0 Å². The highest BCUT2D eigenvalue weighted by Gasteiger charge is 2.33. The molecule has 5 rings (SSSR count). The molecule has 2 aliphatic rings. The summed E-state index contributed by atoms with van der Waals surface area (Å²) < 4.78 is 31.2. The minimum Gasteiger partial charge on any atom is -0.492 e. The SMILES string of the molecule is Cc1ccc(CN2C(=O)C(Cl)C(c3cnco3)=Cc3ccc(OCCN4CCOCC4)cc32)cc1F. The van der Waals surface area contributed by atoms with E-state index in [0.717, 1.165) is 38.4 Å². The Morgan fingerprint density at radius 2 is 2.03 bits per heavy atom. The fourth-order valence-electron chi connectivity index (χ4n) is 4.35. The number of rotatable bonds is 7. The molecule has 0 spiro atoms. The summed E-state index contributed by atoms with van der Waals surface area (Å²) in [5, 5.41) is -1.01. The lowest BCUT2D eigenvalue weighted by atomic mass is 10.1. The fourth-order valence-corrected chi connectivity index (χ4v) is 4.64. The number of halogens is 2. The zero-order valence-corrected chi connectivity index (χ0v) is 20.7. The van der Waals surface area contributed by atoms with Crippen LogP contribution in [0.2, 0.25) is 0 Å². The van der Waals surface area contributed by atoms with Crippen molar-refractivity contribution in [3.63, 3.8) is 0 Å². The van der Waals surface area contributed by atoms with E-state index >= 15 is 0 Å². The van der Waals surface area contributed by atoms with Crippen molar-refractivity contribution in [3.05, 3.63) is 77.3 Å². The lowest BCUT2D eigenvalue weighted by Crippen LogP contribution is -2.38. The molecule has 188 valence electrons. The van der Waals surface area contributed by atoms with E-state index in [1.807, 2.05) is 30.3 Å². The number of carbonyl (C=O) groups excluding carboxylic acids is 1. The quantitative estimate of drug-likeness (QED) is 0.434. The summed E-state index contributed by atoms with van der Waals surface area (Å²) in [5.74, 6) is 0.392. The number of aryl methyl sites for hydroxylation is 1. The van der Waals surface area contributed by atoms with Crippen LogP contribution in [-0.4, -0.2) is 60.6 Å². The van der Waals surface area contributed by atoms with Crippen molar-refractivity contribution in [2.24, 2.45) is 0 Å². The van der Waals surface area contributed by atoms with Crippen LogP contribution in [0.4, 0.5) is 10.1 Å². The maximum Gasteiger partial charge on any atom is 0.250 e. The third-order valence-corrected chi connectivity index (χ3v) is 6.86. The van der Waals surface area contributed by atoms with Crippen LogP contribution in [0.25, 0.3) is 11.6 Å². The first kappa shape index (κ1) is 24.5. The Bertz CT molecular complexity index is 1260. The predicted molar refractivity (Wildman–Crippen MR) is 136 cm³/mol. The van der Waals surface area contributed by atoms with Gasteiger partial charge in [0.1, 0.15) is 23.6 Å². The Balaban J connectivity index is 1.46. The Morgan fingerprint density at radius 1 is 1.19 bits per heavy atom. The van der Waals surface area contributed by atoms with Crippen molar-refractivity contribution in [3.8, 4) is 5.75 Å². The lowest BCUT2D eigenvalue weighted by Gasteiger charge is -2.27. The molecule has 3 aromatic rings. The summed E-state index contributed by atoms with van der Waals surface area (Å²) in [6, 6.07) is 10.6. The smallest absolute Gasteiger partial charge is 0.250 e. The fraction of sp³-hybridized carbons (Fsp3) is 0.333. The molecular formula is C27H27ClFN3O4. The van der Waals surface area contributed by atoms with Crippen molar-refractivity contribution < 1.29 is 23.1 Å². The van der Waals surface area contributed by atoms with Gasteiger partial charge in [0.25, 0.3) is 0 Å². The van der Waals surface area contributed by atoms with Crippen LogP contribution in [0.15, 0.2) is 53.4 Å². The summed E-state index contributed by atoms with van der Waals surface area (Å²) in [4.78, 5) is 21.5. The lowest BCUT2D eigenvalue weighted by molar-refractivity contribution is -0.117. The maximum atomic E-state index is 14.3. The average molecular weight is 512 g/mol. The molecule has 9 heteroatoms. The molecule has 1 aromatic heterocycles. The number of anilines is 1. The largest absolute Gasteiger partial charge is 0.492 e. The molecule has 0 N–H and O–H groups in total. The third-order valence-electron chi connectivity index (χ3n) is 6.43. The van der Waals surface area contributed by atoms with Gasteiger partial charge >= 0.3 is 0 Å². The summed E-state index contributed by atoms with van der Waals surface area (Å²) in [6.45, 7) is 6.38. The highest BCUT2D eigenvalue weighted by atomic mass is 35.5. The molecule has 1 amide bonds. The molecule has 0 saturated carbocycles. The number of nitrogens with zero attached hydrogens (tertiary/aromatic N) is 3. The monoisotopic (exact) mass is 511 g/mol. The van der Waals surface area contributed by atoms with Crippen molar-refractivity contribution in [1.82, 2.24) is 9.88 Å². The second-order valence-electron chi connectivity index (χ2n) is 8.86. The van der Waals surface area contributed by atoms with Crippen molar-refractivity contribution in [2.75, 3.05) is 44.4 Å². The number of hydrogen-bond acceptors (Lipinski definition) is 6. The van der Waals surface area contributed by atoms with Crippen molar-refractivity contribution >= 4 is 34.8 Å². The van der Waals surface area contributed by atoms with E-state index in [4.69, 9.17) is 25.5 Å². The number of oxazole rings is 1. The second kappa shape index (κ2) is 10.8. The molecule has 7 nitrogen and oxygen atoms in total. The second-order valence-corrected chi connectivity index (χ2v) is 9.30. The zero-order chi connectivity index (χ0) is 25.1. The Hall–Kier alpha value is -3.20. The zero-order valence-electron chi connectivity index (χ0n) is 20.0. The molecule has 0 radical (unpaired) electrons. The van der Waals surface area contributed by atoms with Gasteiger partial charge in [0.15, 0.2) is 12.2 Å². The van der Waals surface area contributed by atoms with Crippen LogP contribution in [0.5, 0.6) is 5.75 Å². The van der Waals surface area contributed by atoms with Gasteiger partial charge in [-0.05, 0) is 47.9 Å². The molecular weight excluding hydrogens is 485 g/mol. The van der Waals surface area contributed by atoms with E-state index in [-0.39, 0.29) is 18.3 Å². The van der Waals surface area contributed by atoms with Gasteiger partial charge in [0, 0.05) is 31.3 Å². The number of amides is 1. The number of hydrogen-bond donors (Lipinski definition) is 0. The van der Waals surface area contributed by atoms with E-state index in [9.17, 15) is 9.18 Å². The summed E-state index contributed by atoms with van der Waals surface area (Å²) >= 11 is 6.68. The highest BCUT2D eigenvalue weighted by molar-refractivity contribution is 6.40. The van der Waals surface area contributed by atoms with Gasteiger partial charge in [0.2, 0.25) is 5.91 Å². The van der Waals surface area contributed by atoms with E-state index in [0.29, 0.717) is 40.5 Å². The molecule has 1 saturated heterocycles. The van der Waals surface area contributed by atoms with Gasteiger partial charge in [-0.15, -0.1) is 11.6 Å². The number of ether oxygens (including phenoxy) is 2. The third kappa shape index (κ3) is 5.31. The molecule has 3 heterocycles. The number of alkyl halides is 1. The Kier molecular flexibility index (Phi) is 7.36. The Labute approximate surface area is 214 Å². The number of benzene rings is 2. The minimum atomic E-state index is -1.01. The standard InChI is InChI=1S/C27H27ClFN3O4/c1-18-2-3-19(12-23(18)29)16-32-24-14-21(35-11-8-31-6-9-34-10-7-31)5-4-20(24)13-22(26(28)27(32)33)25-15-30-17-36-25/h2-5,12-15,17,26H,6-11,16H2,1H3. The maximum absolute atomic E-state index is 14.3. The summed E-state index contributed by atoms with van der Waals surface area (Å²) in [7, 11) is 0. The molecule has 2 aliphatic heterocycles. The van der Waals surface area contributed by atoms with Gasteiger partial charge in [-0.1, -0.05) is 12.1 Å². The first-order valence-electron chi connectivity index (χ1n) is 11.9. The normalized spacial score (nSPS) is 18.5. The molecule has 0 aliphatic carbocycles. The van der Waals surface area contributed by atoms with Gasteiger partial charge in [-0.2, -0.15) is 0 Å². The Morgan fingerprint density at radius 3 is 2.78 bits per heavy atom. The van der Waals surface area contributed by atoms with Gasteiger partial charge in [-0.3, -0.25) is 9.69 Å². The minimum absolute atomic E-state index is 0.154. The molecule has 1 unspecified atom stereocenters. The van der Waals surface area contributed by atoms with E-state index in [1.54, 1.807) is 17.9 Å². The molecule has 1 fully saturated rings. The van der Waals surface area contributed by atoms with Crippen LogP contribution in [0.1, 0.15) is 22.5 Å². The summed E-state index contributed by atoms with van der Waals surface area (Å²) in [5.41, 5.74) is 3.11. The molecule has 2 aromatic carbocycles. The van der Waals surface area contributed by atoms with Crippen LogP contribution in [-0.2, 0) is 16.1 Å². The highest BCUT2D eigenvalue weighted by Crippen LogP contribution is 2.38. The van der Waals surface area contributed by atoms with E-state index in [2.05, 4.69) is 9.88 Å². The van der Waals surface area contributed by atoms with Crippen LogP contribution >= 0.6 is 11.6 Å². The number of aromatic nitrogens is 1. The number of morpholine rings is 1. The molecule has 1 atom stereocenters. The molecule has 0 bridgehead atoms. The van der Waals surface area contributed by atoms with Crippen molar-refractivity contribution in [1.29, 1.82) is 0 Å². The predicted octanol–water partition coefficient (Wildman–Crippen LogP) is 4.53. The van der Waals surface area contributed by atoms with E-state index in [1.165, 1.54) is 18.7 Å². The summed E-state index contributed by atoms with van der Waals surface area (Å²) in [6.07, 6.45) is 4.66. The van der Waals surface area contributed by atoms with Gasteiger partial charge in [0.05, 0.1) is 31.6 Å². The average Bonchev–Trinajstić information content (AvgIpc) is 3.40.